The second kappa shape index (κ2) is 5.23. The third kappa shape index (κ3) is 3.60. The van der Waals surface area contributed by atoms with Gasteiger partial charge in [-0.15, -0.1) is 0 Å². The van der Waals surface area contributed by atoms with Crippen LogP contribution in [0.2, 0.25) is 0 Å². The number of hydrogen-bond acceptors (Lipinski definition) is 3. The molecule has 82 valence electrons. The quantitative estimate of drug-likeness (QED) is 0.674. The molecule has 0 unspecified atom stereocenters. The Morgan fingerprint density at radius 2 is 2.27 bits per heavy atom. The first-order chi connectivity index (χ1) is 7.00. The average Bonchev–Trinajstić information content (AvgIpc) is 2.16. The molecule has 1 N–H and O–H groups in total. The van der Waals surface area contributed by atoms with Crippen molar-refractivity contribution in [3.63, 3.8) is 0 Å². The molecule has 0 bridgehead atoms. The van der Waals surface area contributed by atoms with E-state index in [4.69, 9.17) is 0 Å². The molecule has 0 aliphatic rings. The SMILES string of the molecule is C[C@H]([C@H](O)Cc1cccc(Br)c1)[N+](=O)[O-]. The topological polar surface area (TPSA) is 63.4 Å². The first kappa shape index (κ1) is 12.1. The van der Waals surface area contributed by atoms with Gasteiger partial charge in [-0.1, -0.05) is 28.1 Å². The Bertz CT molecular complexity index is 356. The van der Waals surface area contributed by atoms with Crippen LogP contribution in [0.4, 0.5) is 0 Å². The number of nitrogens with zero attached hydrogens (tertiary/aromatic N) is 1. The predicted molar refractivity (Wildman–Crippen MR) is 60.3 cm³/mol. The van der Waals surface area contributed by atoms with Crippen LogP contribution in [-0.2, 0) is 6.42 Å². The van der Waals surface area contributed by atoms with Crippen LogP contribution in [0.1, 0.15) is 12.5 Å². The maximum absolute atomic E-state index is 10.4. The van der Waals surface area contributed by atoms with E-state index in [1.54, 1.807) is 0 Å². The molecule has 0 saturated heterocycles. The second-order valence-corrected chi connectivity index (χ2v) is 4.34. The van der Waals surface area contributed by atoms with E-state index in [1.165, 1.54) is 6.92 Å². The van der Waals surface area contributed by atoms with Crippen molar-refractivity contribution in [2.24, 2.45) is 0 Å². The fourth-order valence-electron chi connectivity index (χ4n) is 1.22. The molecule has 1 rings (SSSR count). The summed E-state index contributed by atoms with van der Waals surface area (Å²) in [7, 11) is 0. The lowest BCUT2D eigenvalue weighted by atomic mass is 10.0. The van der Waals surface area contributed by atoms with E-state index in [-0.39, 0.29) is 0 Å². The van der Waals surface area contributed by atoms with Gasteiger partial charge >= 0.3 is 0 Å². The van der Waals surface area contributed by atoms with Crippen LogP contribution < -0.4 is 0 Å². The van der Waals surface area contributed by atoms with Crippen molar-refractivity contribution in [1.82, 2.24) is 0 Å². The van der Waals surface area contributed by atoms with E-state index in [0.717, 1.165) is 10.0 Å². The van der Waals surface area contributed by atoms with Gasteiger partial charge in [-0.2, -0.15) is 0 Å². The Balaban J connectivity index is 2.66. The van der Waals surface area contributed by atoms with Crippen LogP contribution in [0.3, 0.4) is 0 Å². The average molecular weight is 274 g/mol. The van der Waals surface area contributed by atoms with Gasteiger partial charge in [0.05, 0.1) is 0 Å². The zero-order valence-corrected chi connectivity index (χ0v) is 9.85. The van der Waals surface area contributed by atoms with Gasteiger partial charge in [0.15, 0.2) is 0 Å². The number of rotatable bonds is 4. The Kier molecular flexibility index (Phi) is 4.23. The minimum absolute atomic E-state index is 0.293. The smallest absolute Gasteiger partial charge is 0.236 e. The minimum atomic E-state index is -0.950. The zero-order chi connectivity index (χ0) is 11.4. The number of halogens is 1. The van der Waals surface area contributed by atoms with Crippen molar-refractivity contribution >= 4 is 15.9 Å². The molecule has 15 heavy (non-hydrogen) atoms. The maximum atomic E-state index is 10.4. The molecule has 0 fully saturated rings. The molecule has 1 aromatic rings. The monoisotopic (exact) mass is 273 g/mol. The Morgan fingerprint density at radius 3 is 2.80 bits per heavy atom. The Hall–Kier alpha value is -0.940. The van der Waals surface area contributed by atoms with Crippen LogP contribution in [0.5, 0.6) is 0 Å². The molecule has 0 radical (unpaired) electrons. The van der Waals surface area contributed by atoms with Gasteiger partial charge in [0.1, 0.15) is 6.10 Å². The van der Waals surface area contributed by atoms with Crippen LogP contribution in [0, 0.1) is 10.1 Å². The molecule has 5 heteroatoms. The third-order valence-electron chi connectivity index (χ3n) is 2.22. The molecular weight excluding hydrogens is 262 g/mol. The maximum Gasteiger partial charge on any atom is 0.236 e. The minimum Gasteiger partial charge on any atom is -0.386 e. The molecule has 0 saturated carbocycles. The summed E-state index contributed by atoms with van der Waals surface area (Å²) >= 11 is 3.30. The van der Waals surface area contributed by atoms with Gasteiger partial charge in [-0.3, -0.25) is 10.1 Å². The summed E-state index contributed by atoms with van der Waals surface area (Å²) in [6.07, 6.45) is -0.656. The molecule has 0 aliphatic carbocycles. The highest BCUT2D eigenvalue weighted by atomic mass is 79.9. The van der Waals surface area contributed by atoms with Crippen LogP contribution in [-0.4, -0.2) is 22.2 Å². The molecule has 1 aromatic carbocycles. The second-order valence-electron chi connectivity index (χ2n) is 3.43. The van der Waals surface area contributed by atoms with Crippen LogP contribution >= 0.6 is 15.9 Å². The van der Waals surface area contributed by atoms with E-state index >= 15 is 0 Å². The molecule has 2 atom stereocenters. The summed E-state index contributed by atoms with van der Waals surface area (Å²) < 4.78 is 0.904. The summed E-state index contributed by atoms with van der Waals surface area (Å²) in [4.78, 5) is 9.96. The van der Waals surface area contributed by atoms with Crippen molar-refractivity contribution < 1.29 is 10.0 Å². The first-order valence-corrected chi connectivity index (χ1v) is 5.36. The van der Waals surface area contributed by atoms with Gasteiger partial charge in [0, 0.05) is 22.7 Å². The number of aliphatic hydroxyl groups is 1. The van der Waals surface area contributed by atoms with Gasteiger partial charge < -0.3 is 5.11 Å². The van der Waals surface area contributed by atoms with Crippen molar-refractivity contribution in [3.8, 4) is 0 Å². The number of aliphatic hydroxyl groups excluding tert-OH is 1. The summed E-state index contributed by atoms with van der Waals surface area (Å²) in [6, 6.07) is 6.44. The molecule has 0 aromatic heterocycles. The van der Waals surface area contributed by atoms with Crippen molar-refractivity contribution in [2.45, 2.75) is 25.5 Å². The highest BCUT2D eigenvalue weighted by molar-refractivity contribution is 9.10. The van der Waals surface area contributed by atoms with E-state index in [0.29, 0.717) is 6.42 Å². The lowest BCUT2D eigenvalue weighted by Crippen LogP contribution is -2.32. The van der Waals surface area contributed by atoms with E-state index < -0.39 is 17.1 Å². The fourth-order valence-corrected chi connectivity index (χ4v) is 1.66. The Labute approximate surface area is 96.2 Å². The fraction of sp³-hybridized carbons (Fsp3) is 0.400. The highest BCUT2D eigenvalue weighted by Gasteiger charge is 2.24. The van der Waals surface area contributed by atoms with Gasteiger partial charge in [-0.25, -0.2) is 0 Å². The molecule has 0 amide bonds. The third-order valence-corrected chi connectivity index (χ3v) is 2.72. The largest absolute Gasteiger partial charge is 0.386 e. The van der Waals surface area contributed by atoms with Gasteiger partial charge in [0.2, 0.25) is 6.04 Å². The van der Waals surface area contributed by atoms with E-state index in [9.17, 15) is 15.2 Å². The van der Waals surface area contributed by atoms with Crippen molar-refractivity contribution in [3.05, 3.63) is 44.4 Å². The van der Waals surface area contributed by atoms with E-state index in [1.807, 2.05) is 24.3 Å². The molecule has 0 aliphatic heterocycles. The van der Waals surface area contributed by atoms with Crippen LogP contribution in [0.25, 0.3) is 0 Å². The van der Waals surface area contributed by atoms with Crippen molar-refractivity contribution in [1.29, 1.82) is 0 Å². The van der Waals surface area contributed by atoms with Crippen molar-refractivity contribution in [2.75, 3.05) is 0 Å². The number of nitro groups is 1. The standard InChI is InChI=1S/C10H12BrNO3/c1-7(12(14)15)10(13)6-8-3-2-4-9(11)5-8/h2-5,7,10,13H,6H2,1H3/t7-,10-/m1/s1. The first-order valence-electron chi connectivity index (χ1n) is 4.56. The van der Waals surface area contributed by atoms with Gasteiger partial charge in [0.25, 0.3) is 0 Å². The van der Waals surface area contributed by atoms with Gasteiger partial charge in [-0.05, 0) is 17.7 Å². The number of hydrogen-bond donors (Lipinski definition) is 1. The number of benzene rings is 1. The van der Waals surface area contributed by atoms with Crippen LogP contribution in [0.15, 0.2) is 28.7 Å². The molecular formula is C10H12BrNO3. The summed E-state index contributed by atoms with van der Waals surface area (Å²) in [6.45, 7) is 1.41. The normalized spacial score (nSPS) is 14.6. The predicted octanol–water partition coefficient (Wildman–Crippen LogP) is 2.02. The molecule has 0 heterocycles. The summed E-state index contributed by atoms with van der Waals surface area (Å²) in [5.41, 5.74) is 0.880. The van der Waals surface area contributed by atoms with E-state index in [2.05, 4.69) is 15.9 Å². The zero-order valence-electron chi connectivity index (χ0n) is 8.26. The summed E-state index contributed by atoms with van der Waals surface area (Å²) in [5.74, 6) is 0. The Morgan fingerprint density at radius 1 is 1.60 bits per heavy atom. The summed E-state index contributed by atoms with van der Waals surface area (Å²) in [5, 5.41) is 20.0. The highest BCUT2D eigenvalue weighted by Crippen LogP contribution is 2.14. The molecule has 4 nitrogen and oxygen atoms in total. The lowest BCUT2D eigenvalue weighted by Gasteiger charge is -2.12. The lowest BCUT2D eigenvalue weighted by molar-refractivity contribution is -0.529. The molecule has 0 spiro atoms.